The maximum Gasteiger partial charge on any atom is 0.342 e. The smallest absolute Gasteiger partial charge is 0.342 e. The molecule has 0 aliphatic carbocycles. The van der Waals surface area contributed by atoms with Crippen molar-refractivity contribution in [3.8, 4) is 23.0 Å². The summed E-state index contributed by atoms with van der Waals surface area (Å²) in [5.74, 6) is 0.402. The van der Waals surface area contributed by atoms with Crippen LogP contribution in [0.1, 0.15) is 58.4 Å². The fourth-order valence-electron chi connectivity index (χ4n) is 8.38. The summed E-state index contributed by atoms with van der Waals surface area (Å²) in [5.41, 5.74) is 4.03. The molecule has 5 aromatic rings. The molecule has 1 N–H and O–H groups in total. The van der Waals surface area contributed by atoms with Gasteiger partial charge in [-0.2, -0.15) is 0 Å². The van der Waals surface area contributed by atoms with Crippen molar-refractivity contribution in [3.05, 3.63) is 153 Å². The van der Waals surface area contributed by atoms with Gasteiger partial charge in [0.15, 0.2) is 23.9 Å². The molecule has 2 fully saturated rings. The van der Waals surface area contributed by atoms with Crippen LogP contribution < -0.4 is 18.9 Å². The van der Waals surface area contributed by atoms with Crippen molar-refractivity contribution >= 4 is 29.2 Å². The number of aliphatic hydroxyl groups is 1. The first-order valence-corrected chi connectivity index (χ1v) is 22.3. The largest absolute Gasteiger partial charge is 0.497 e. The van der Waals surface area contributed by atoms with Crippen molar-refractivity contribution < 1.29 is 57.3 Å². The number of benzene rings is 5. The Bertz CT molecular complexity index is 2290. The van der Waals surface area contributed by atoms with Gasteiger partial charge in [-0.15, -0.1) is 0 Å². The van der Waals surface area contributed by atoms with Gasteiger partial charge in [-0.3, -0.25) is 0 Å². The predicted molar refractivity (Wildman–Crippen MR) is 245 cm³/mol. The van der Waals surface area contributed by atoms with Crippen LogP contribution in [-0.2, 0) is 54.8 Å². The van der Waals surface area contributed by atoms with E-state index < -0.39 is 60.9 Å². The summed E-state index contributed by atoms with van der Waals surface area (Å²) in [7, 11) is 4.64. The first-order chi connectivity index (χ1) is 31.5. The molecule has 0 amide bonds. The number of esters is 1. The van der Waals surface area contributed by atoms with Crippen LogP contribution in [0.25, 0.3) is 0 Å². The minimum atomic E-state index is -1.15. The molecule has 0 radical (unpaired) electrons. The van der Waals surface area contributed by atoms with Gasteiger partial charge in [0.1, 0.15) is 34.8 Å². The second-order valence-electron chi connectivity index (χ2n) is 16.1. The first-order valence-electron chi connectivity index (χ1n) is 21.6. The Labute approximate surface area is 390 Å². The van der Waals surface area contributed by atoms with E-state index in [2.05, 4.69) is 0 Å². The quantitative estimate of drug-likeness (QED) is 0.0841. The molecule has 12 nitrogen and oxygen atoms in total. The highest BCUT2D eigenvalue weighted by Crippen LogP contribution is 2.47. The molecule has 2 aliphatic heterocycles. The lowest BCUT2D eigenvalue weighted by atomic mass is 9.80. The molecule has 14 heteroatoms. The second kappa shape index (κ2) is 22.5. The van der Waals surface area contributed by atoms with Crippen LogP contribution in [0.4, 0.5) is 0 Å². The van der Waals surface area contributed by atoms with Crippen molar-refractivity contribution in [2.24, 2.45) is 5.92 Å². The van der Waals surface area contributed by atoms with E-state index in [9.17, 15) is 9.90 Å². The summed E-state index contributed by atoms with van der Waals surface area (Å²) >= 11 is 13.6. The van der Waals surface area contributed by atoms with Crippen LogP contribution in [0.3, 0.4) is 0 Å². The highest BCUT2D eigenvalue weighted by atomic mass is 35.5. The van der Waals surface area contributed by atoms with Gasteiger partial charge >= 0.3 is 5.97 Å². The normalized spacial score (nSPS) is 24.2. The maximum absolute atomic E-state index is 14.1. The molecule has 2 heterocycles. The van der Waals surface area contributed by atoms with E-state index in [4.69, 9.17) is 70.6 Å². The minimum Gasteiger partial charge on any atom is -0.497 e. The van der Waals surface area contributed by atoms with E-state index in [0.717, 1.165) is 33.8 Å². The molecule has 65 heavy (non-hydrogen) atoms. The Morgan fingerprint density at radius 3 is 1.68 bits per heavy atom. The van der Waals surface area contributed by atoms with Crippen LogP contribution in [0.2, 0.25) is 10.0 Å². The fourth-order valence-corrected chi connectivity index (χ4v) is 8.99. The first kappa shape index (κ1) is 48.1. The summed E-state index contributed by atoms with van der Waals surface area (Å²) in [6, 6.07) is 34.6. The van der Waals surface area contributed by atoms with Crippen LogP contribution in [0, 0.1) is 12.8 Å². The van der Waals surface area contributed by atoms with Gasteiger partial charge in [0.2, 0.25) is 0 Å². The monoisotopic (exact) mass is 930 g/mol. The van der Waals surface area contributed by atoms with E-state index in [0.29, 0.717) is 5.56 Å². The molecule has 0 unspecified atom stereocenters. The summed E-state index contributed by atoms with van der Waals surface area (Å²) in [4.78, 5) is 14.1. The molecule has 7 rings (SSSR count). The maximum atomic E-state index is 14.1. The Morgan fingerprint density at radius 1 is 0.615 bits per heavy atom. The van der Waals surface area contributed by atoms with Gasteiger partial charge in [-0.1, -0.05) is 108 Å². The number of ether oxygens (including phenoxy) is 10. The van der Waals surface area contributed by atoms with Crippen LogP contribution in [0.5, 0.6) is 23.0 Å². The summed E-state index contributed by atoms with van der Waals surface area (Å²) in [6.45, 7) is 6.24. The van der Waals surface area contributed by atoms with Crippen molar-refractivity contribution in [2.75, 3.05) is 21.3 Å². The third kappa shape index (κ3) is 11.6. The van der Waals surface area contributed by atoms with Crippen molar-refractivity contribution in [2.45, 2.75) is 103 Å². The summed E-state index contributed by atoms with van der Waals surface area (Å²) in [6.07, 6.45) is -6.29. The number of hydrogen-bond donors (Lipinski definition) is 1. The lowest BCUT2D eigenvalue weighted by Crippen LogP contribution is -2.62. The van der Waals surface area contributed by atoms with Crippen molar-refractivity contribution in [1.82, 2.24) is 0 Å². The Balaban J connectivity index is 1.13. The topological polar surface area (TPSA) is 130 Å². The van der Waals surface area contributed by atoms with Crippen LogP contribution in [0.15, 0.2) is 109 Å². The fraction of sp³-hybridized carbons (Fsp3) is 0.392. The number of rotatable bonds is 18. The number of methoxy groups -OCH3 is 3. The number of carbonyl (C=O) groups is 1. The molecule has 2 aliphatic rings. The molecule has 0 spiro atoms. The SMILES string of the molecule is COc1ccc(CO[C@@H]2O[C@H](C)[C@@H]([C@H]3C[C@@H](O)[C@H](OC(=O)c4c(C)c(Cl)c(OCc5ccccc5)c(Cl)c4OC)[C@@H](C)O3)[C@H](OCc3ccccc3)[C@H]2OCc2ccc(OC)cc2)cc1. The molecule has 346 valence electrons. The van der Waals surface area contributed by atoms with Gasteiger partial charge < -0.3 is 52.5 Å². The number of halogens is 2. The van der Waals surface area contributed by atoms with Crippen LogP contribution in [-0.4, -0.2) is 81.4 Å². The highest BCUT2D eigenvalue weighted by Gasteiger charge is 2.53. The lowest BCUT2D eigenvalue weighted by molar-refractivity contribution is -0.323. The molecular formula is C51H56Cl2O12. The highest BCUT2D eigenvalue weighted by molar-refractivity contribution is 6.39. The van der Waals surface area contributed by atoms with Crippen molar-refractivity contribution in [1.29, 1.82) is 0 Å². The molecule has 5 aromatic carbocycles. The minimum absolute atomic E-state index is 0.0114. The van der Waals surface area contributed by atoms with Gasteiger partial charge in [-0.25, -0.2) is 4.79 Å². The van der Waals surface area contributed by atoms with Crippen molar-refractivity contribution in [3.63, 3.8) is 0 Å². The second-order valence-corrected chi connectivity index (χ2v) is 16.9. The zero-order valence-corrected chi connectivity index (χ0v) is 38.8. The average molecular weight is 932 g/mol. The van der Waals surface area contributed by atoms with E-state index in [-0.39, 0.29) is 60.0 Å². The molecule has 0 bridgehead atoms. The Hall–Kier alpha value is -4.89. The van der Waals surface area contributed by atoms with E-state index >= 15 is 0 Å². The molecule has 0 saturated carbocycles. The molecular weight excluding hydrogens is 875 g/mol. The third-order valence-corrected chi connectivity index (χ3v) is 12.7. The van der Waals surface area contributed by atoms with Gasteiger partial charge in [0, 0.05) is 12.3 Å². The molecule has 0 aromatic heterocycles. The molecule has 2 saturated heterocycles. The van der Waals surface area contributed by atoms with E-state index in [1.54, 1.807) is 28.1 Å². The standard InChI is InChI=1S/C51H56Cl2O12/c1-30-41(46(58-6)44(53)48(43(30)52)60-27-34-15-11-8-12-16-34)50(55)65-45-32(3)63-40(25-39(45)54)42-31(2)64-51(62-29-36-19-23-38(57-5)24-20-36)49(47(42)59-26-33-13-9-7-10-14-33)61-28-35-17-21-37(56-4)22-18-35/h7-24,31-32,39-40,42,45,47,49,51,54H,25-29H2,1-6H3/t31-,32-,39-,40-,42+,45-,47+,49-,51-/m1/s1. The number of carbonyl (C=O) groups excluding carboxylic acids is 1. The number of hydrogen-bond acceptors (Lipinski definition) is 12. The van der Waals surface area contributed by atoms with Gasteiger partial charge in [-0.05, 0) is 72.9 Å². The summed E-state index contributed by atoms with van der Waals surface area (Å²) in [5, 5.41) is 12.0. The Kier molecular flexibility index (Phi) is 16.7. The van der Waals surface area contributed by atoms with E-state index in [1.165, 1.54) is 7.11 Å². The van der Waals surface area contributed by atoms with Gasteiger partial charge in [0.05, 0.1) is 76.7 Å². The van der Waals surface area contributed by atoms with Gasteiger partial charge in [0.25, 0.3) is 0 Å². The molecule has 9 atom stereocenters. The zero-order chi connectivity index (χ0) is 46.0. The predicted octanol–water partition coefficient (Wildman–Crippen LogP) is 9.72. The number of aliphatic hydroxyl groups excluding tert-OH is 1. The Morgan fingerprint density at radius 2 is 1.14 bits per heavy atom. The van der Waals surface area contributed by atoms with E-state index in [1.807, 2.05) is 116 Å². The third-order valence-electron chi connectivity index (χ3n) is 11.9. The zero-order valence-electron chi connectivity index (χ0n) is 37.3. The lowest BCUT2D eigenvalue weighted by Gasteiger charge is -2.50. The average Bonchev–Trinajstić information content (AvgIpc) is 3.32. The summed E-state index contributed by atoms with van der Waals surface area (Å²) < 4.78 is 62.0. The van der Waals surface area contributed by atoms with Crippen LogP contribution >= 0.6 is 23.2 Å².